The van der Waals surface area contributed by atoms with Crippen molar-refractivity contribution in [1.82, 2.24) is 10.3 Å². The molecule has 1 amide bonds. The van der Waals surface area contributed by atoms with E-state index in [4.69, 9.17) is 10.7 Å². The molecule has 1 aromatic carbocycles. The van der Waals surface area contributed by atoms with Crippen LogP contribution < -0.4 is 11.1 Å². The lowest BCUT2D eigenvalue weighted by Crippen LogP contribution is -2.56. The van der Waals surface area contributed by atoms with Crippen LogP contribution in [0.15, 0.2) is 30.3 Å². The normalized spacial score (nSPS) is 27.8. The molecule has 33 heavy (non-hydrogen) atoms. The molecule has 4 aliphatic carbocycles. The predicted molar refractivity (Wildman–Crippen MR) is 134 cm³/mol. The molecule has 4 fully saturated rings. The summed E-state index contributed by atoms with van der Waals surface area (Å²) in [5.41, 5.74) is 12.4. The molecule has 4 heteroatoms. The molecular formula is C29H39N3O. The second-order valence-corrected chi connectivity index (χ2v) is 11.4. The standard InChI is InChI=1S/C29H39N3O/c1-17(2)8-25-14-27(22-6-4-19(16-30)5-7-22)26(18(3)31-25)15-28(33)32-29-23-10-20-9-21(12-23)13-24(29)11-20/h4-7,14,17,20-21,23-24,29H,8-13,15-16,30H2,1-3H3,(H,32,33). The average Bonchev–Trinajstić information content (AvgIpc) is 2.77. The zero-order valence-electron chi connectivity index (χ0n) is 20.4. The van der Waals surface area contributed by atoms with Gasteiger partial charge < -0.3 is 11.1 Å². The number of hydrogen-bond acceptors (Lipinski definition) is 3. The van der Waals surface area contributed by atoms with Crippen molar-refractivity contribution in [2.45, 2.75) is 78.3 Å². The van der Waals surface area contributed by atoms with Crippen LogP contribution in [-0.4, -0.2) is 16.9 Å². The number of nitrogens with two attached hydrogens (primary N) is 1. The maximum atomic E-state index is 13.3. The fraction of sp³-hybridized carbons (Fsp3) is 0.586. The maximum absolute atomic E-state index is 13.3. The van der Waals surface area contributed by atoms with Gasteiger partial charge in [-0.25, -0.2) is 0 Å². The van der Waals surface area contributed by atoms with Gasteiger partial charge in [0.2, 0.25) is 5.91 Å². The molecule has 1 aromatic heterocycles. The third kappa shape index (κ3) is 4.73. The summed E-state index contributed by atoms with van der Waals surface area (Å²) in [7, 11) is 0. The Morgan fingerprint density at radius 1 is 1.06 bits per heavy atom. The fourth-order valence-corrected chi connectivity index (χ4v) is 7.15. The third-order valence-corrected chi connectivity index (χ3v) is 8.39. The van der Waals surface area contributed by atoms with Crippen molar-refractivity contribution in [2.75, 3.05) is 0 Å². The lowest BCUT2D eigenvalue weighted by atomic mass is 9.54. The van der Waals surface area contributed by atoms with Crippen molar-refractivity contribution in [3.05, 3.63) is 52.8 Å². The molecule has 0 spiro atoms. The van der Waals surface area contributed by atoms with Crippen LogP contribution in [0.5, 0.6) is 0 Å². The lowest BCUT2D eigenvalue weighted by molar-refractivity contribution is -0.124. The summed E-state index contributed by atoms with van der Waals surface area (Å²) in [5, 5.41) is 3.50. The molecule has 2 aromatic rings. The van der Waals surface area contributed by atoms with Crippen LogP contribution in [0, 0.1) is 36.5 Å². The Hall–Kier alpha value is -2.20. The van der Waals surface area contributed by atoms with Crippen molar-refractivity contribution in [3.63, 3.8) is 0 Å². The number of pyridine rings is 1. The Balaban J connectivity index is 1.39. The average molecular weight is 446 g/mol. The summed E-state index contributed by atoms with van der Waals surface area (Å²) in [4.78, 5) is 18.3. The largest absolute Gasteiger partial charge is 0.353 e. The highest BCUT2D eigenvalue weighted by atomic mass is 16.1. The van der Waals surface area contributed by atoms with Gasteiger partial charge >= 0.3 is 0 Å². The first-order valence-corrected chi connectivity index (χ1v) is 13.0. The summed E-state index contributed by atoms with van der Waals surface area (Å²) in [5.74, 6) is 3.93. The highest BCUT2D eigenvalue weighted by molar-refractivity contribution is 5.83. The van der Waals surface area contributed by atoms with E-state index in [1.807, 2.05) is 0 Å². The molecule has 0 aliphatic heterocycles. The summed E-state index contributed by atoms with van der Waals surface area (Å²) in [6.45, 7) is 7.04. The molecular weight excluding hydrogens is 406 g/mol. The van der Waals surface area contributed by atoms with E-state index in [1.165, 1.54) is 32.1 Å². The zero-order chi connectivity index (χ0) is 23.1. The monoisotopic (exact) mass is 445 g/mol. The smallest absolute Gasteiger partial charge is 0.224 e. The molecule has 4 aliphatic rings. The Morgan fingerprint density at radius 2 is 1.70 bits per heavy atom. The summed E-state index contributed by atoms with van der Waals surface area (Å²) in [6.07, 6.45) is 8.06. The van der Waals surface area contributed by atoms with E-state index >= 15 is 0 Å². The van der Waals surface area contributed by atoms with Gasteiger partial charge in [-0.2, -0.15) is 0 Å². The van der Waals surface area contributed by atoms with Gasteiger partial charge in [0.15, 0.2) is 0 Å². The molecule has 4 saturated carbocycles. The van der Waals surface area contributed by atoms with Crippen LogP contribution in [0.2, 0.25) is 0 Å². The SMILES string of the molecule is Cc1nc(CC(C)C)cc(-c2ccc(CN)cc2)c1CC(=O)NC1C2CC3CC(C2)CC1C3. The molecule has 0 atom stereocenters. The van der Waals surface area contributed by atoms with E-state index in [1.54, 1.807) is 0 Å². The van der Waals surface area contributed by atoms with Crippen molar-refractivity contribution < 1.29 is 4.79 Å². The van der Waals surface area contributed by atoms with Gasteiger partial charge in [-0.15, -0.1) is 0 Å². The number of amides is 1. The van der Waals surface area contributed by atoms with Crippen molar-refractivity contribution >= 4 is 5.91 Å². The van der Waals surface area contributed by atoms with Gasteiger partial charge in [0.25, 0.3) is 0 Å². The number of carbonyl (C=O) groups is 1. The number of aromatic nitrogens is 1. The van der Waals surface area contributed by atoms with Gasteiger partial charge in [-0.3, -0.25) is 9.78 Å². The second-order valence-electron chi connectivity index (χ2n) is 11.4. The first-order chi connectivity index (χ1) is 15.9. The second kappa shape index (κ2) is 9.21. The minimum absolute atomic E-state index is 0.161. The van der Waals surface area contributed by atoms with Crippen LogP contribution in [-0.2, 0) is 24.2 Å². The molecule has 4 bridgehead atoms. The number of aryl methyl sites for hydroxylation is 1. The third-order valence-electron chi connectivity index (χ3n) is 8.39. The Bertz CT molecular complexity index is 982. The van der Waals surface area contributed by atoms with Gasteiger partial charge in [0.1, 0.15) is 0 Å². The number of nitrogens with zero attached hydrogens (tertiary/aromatic N) is 1. The van der Waals surface area contributed by atoms with Crippen molar-refractivity contribution in [2.24, 2.45) is 35.3 Å². The van der Waals surface area contributed by atoms with Gasteiger partial charge in [-0.05, 0) is 103 Å². The maximum Gasteiger partial charge on any atom is 0.224 e. The zero-order valence-corrected chi connectivity index (χ0v) is 20.4. The molecule has 3 N–H and O–H groups in total. The summed E-state index contributed by atoms with van der Waals surface area (Å²) < 4.78 is 0. The summed E-state index contributed by atoms with van der Waals surface area (Å²) in [6, 6.07) is 11.0. The molecule has 0 saturated heterocycles. The first kappa shape index (κ1) is 22.6. The number of benzene rings is 1. The molecule has 176 valence electrons. The lowest BCUT2D eigenvalue weighted by Gasteiger charge is -2.54. The van der Waals surface area contributed by atoms with Crippen LogP contribution >= 0.6 is 0 Å². The van der Waals surface area contributed by atoms with Gasteiger partial charge in [-0.1, -0.05) is 38.1 Å². The van der Waals surface area contributed by atoms with E-state index in [9.17, 15) is 4.79 Å². The molecule has 0 radical (unpaired) electrons. The highest BCUT2D eigenvalue weighted by Gasteiger charge is 2.48. The fourth-order valence-electron chi connectivity index (χ4n) is 7.15. The number of nitrogens with one attached hydrogen (secondary N) is 1. The van der Waals surface area contributed by atoms with Crippen LogP contribution in [0.4, 0.5) is 0 Å². The van der Waals surface area contributed by atoms with E-state index < -0.39 is 0 Å². The molecule has 6 rings (SSSR count). The number of rotatable bonds is 7. The highest BCUT2D eigenvalue weighted by Crippen LogP contribution is 2.53. The number of carbonyl (C=O) groups excluding carboxylic acids is 1. The van der Waals surface area contributed by atoms with E-state index in [0.29, 0.717) is 36.8 Å². The minimum Gasteiger partial charge on any atom is -0.353 e. The number of hydrogen-bond donors (Lipinski definition) is 2. The topological polar surface area (TPSA) is 68.0 Å². The molecule has 4 nitrogen and oxygen atoms in total. The minimum atomic E-state index is 0.161. The quantitative estimate of drug-likeness (QED) is 0.616. The van der Waals surface area contributed by atoms with Crippen LogP contribution in [0.1, 0.15) is 68.5 Å². The van der Waals surface area contributed by atoms with Crippen molar-refractivity contribution in [3.8, 4) is 11.1 Å². The molecule has 0 unspecified atom stereocenters. The molecule has 1 heterocycles. The Kier molecular flexibility index (Phi) is 6.30. The Morgan fingerprint density at radius 3 is 2.27 bits per heavy atom. The Labute approximate surface area is 198 Å². The van der Waals surface area contributed by atoms with E-state index in [-0.39, 0.29) is 5.91 Å². The van der Waals surface area contributed by atoms with Crippen molar-refractivity contribution in [1.29, 1.82) is 0 Å². The predicted octanol–water partition coefficient (Wildman–Crippen LogP) is 5.20. The van der Waals surface area contributed by atoms with Gasteiger partial charge in [0, 0.05) is 24.0 Å². The van der Waals surface area contributed by atoms with Gasteiger partial charge in [0.05, 0.1) is 6.42 Å². The van der Waals surface area contributed by atoms with Crippen LogP contribution in [0.25, 0.3) is 11.1 Å². The summed E-state index contributed by atoms with van der Waals surface area (Å²) >= 11 is 0. The van der Waals surface area contributed by atoms with E-state index in [2.05, 4.69) is 56.4 Å². The van der Waals surface area contributed by atoms with Crippen LogP contribution in [0.3, 0.4) is 0 Å². The first-order valence-electron chi connectivity index (χ1n) is 13.0. The van der Waals surface area contributed by atoms with E-state index in [0.717, 1.165) is 51.9 Å².